The van der Waals surface area contributed by atoms with Crippen molar-refractivity contribution in [1.29, 1.82) is 0 Å². The Bertz CT molecular complexity index is 1590. The van der Waals surface area contributed by atoms with E-state index in [1.165, 1.54) is 23.8 Å². The molecule has 0 N–H and O–H groups in total. The second-order valence-electron chi connectivity index (χ2n) is 9.19. The average molecular weight is 566 g/mol. The largest absolute Gasteiger partial charge is 0.494 e. The summed E-state index contributed by atoms with van der Waals surface area (Å²) < 4.78 is 18.1. The second kappa shape index (κ2) is 13.3. The number of nitro groups is 1. The molecule has 1 aliphatic rings. The fraction of sp³-hybridized carbons (Fsp3) is 0.345. The maximum absolute atomic E-state index is 13.8. The van der Waals surface area contributed by atoms with E-state index >= 15 is 0 Å². The quantitative estimate of drug-likeness (QED) is 0.141. The minimum atomic E-state index is -0.785. The van der Waals surface area contributed by atoms with E-state index in [1.54, 1.807) is 25.1 Å². The number of rotatable bonds is 12. The molecule has 0 saturated carbocycles. The third-order valence-corrected chi connectivity index (χ3v) is 7.34. The fourth-order valence-electron chi connectivity index (χ4n) is 4.36. The van der Waals surface area contributed by atoms with Crippen molar-refractivity contribution in [3.63, 3.8) is 0 Å². The van der Waals surface area contributed by atoms with Crippen molar-refractivity contribution in [3.8, 4) is 5.75 Å². The summed E-state index contributed by atoms with van der Waals surface area (Å²) in [7, 11) is 1.51. The lowest BCUT2D eigenvalue weighted by Crippen LogP contribution is -2.40. The Morgan fingerprint density at radius 3 is 2.62 bits per heavy atom. The summed E-state index contributed by atoms with van der Waals surface area (Å²) in [5.74, 6) is 0.110. The smallest absolute Gasteiger partial charge is 0.338 e. The van der Waals surface area contributed by atoms with E-state index in [0.29, 0.717) is 38.5 Å². The highest BCUT2D eigenvalue weighted by molar-refractivity contribution is 7.07. The normalized spacial score (nSPS) is 15.0. The minimum Gasteiger partial charge on any atom is -0.494 e. The summed E-state index contributed by atoms with van der Waals surface area (Å²) in [6, 6.07) is 12.6. The fourth-order valence-corrected chi connectivity index (χ4v) is 5.41. The molecule has 0 bridgehead atoms. The first kappa shape index (κ1) is 28.9. The van der Waals surface area contributed by atoms with Crippen molar-refractivity contribution in [3.05, 3.63) is 101 Å². The summed E-state index contributed by atoms with van der Waals surface area (Å²) >= 11 is 1.15. The Kier molecular flexibility index (Phi) is 9.62. The van der Waals surface area contributed by atoms with Gasteiger partial charge in [0.05, 0.1) is 40.0 Å². The molecule has 1 aliphatic heterocycles. The number of benzene rings is 2. The van der Waals surface area contributed by atoms with Crippen molar-refractivity contribution in [2.45, 2.75) is 39.2 Å². The van der Waals surface area contributed by atoms with Gasteiger partial charge in [0.2, 0.25) is 0 Å². The van der Waals surface area contributed by atoms with Gasteiger partial charge in [-0.25, -0.2) is 9.79 Å². The number of carbonyl (C=O) groups is 1. The molecule has 10 nitrogen and oxygen atoms in total. The van der Waals surface area contributed by atoms with Gasteiger partial charge < -0.3 is 14.2 Å². The Morgan fingerprint density at radius 2 is 1.93 bits per heavy atom. The number of ether oxygens (including phenoxy) is 3. The van der Waals surface area contributed by atoms with Crippen molar-refractivity contribution in [2.75, 3.05) is 26.9 Å². The number of carbonyl (C=O) groups excluding carboxylic acids is 1. The molecule has 1 unspecified atom stereocenters. The number of fused-ring (bicyclic) bond motifs is 1. The zero-order valence-electron chi connectivity index (χ0n) is 22.6. The van der Waals surface area contributed by atoms with Crippen molar-refractivity contribution < 1.29 is 23.9 Å². The Hall–Kier alpha value is -4.09. The number of unbranched alkanes of at least 4 members (excludes halogenated alkanes) is 2. The van der Waals surface area contributed by atoms with E-state index in [0.717, 1.165) is 30.6 Å². The van der Waals surface area contributed by atoms with Crippen molar-refractivity contribution in [2.24, 2.45) is 4.99 Å². The van der Waals surface area contributed by atoms with Gasteiger partial charge in [0, 0.05) is 19.2 Å². The highest BCUT2D eigenvalue weighted by Crippen LogP contribution is 2.31. The van der Waals surface area contributed by atoms with Gasteiger partial charge in [-0.15, -0.1) is 0 Å². The number of non-ortho nitro benzene ring substituents is 1. The summed E-state index contributed by atoms with van der Waals surface area (Å²) in [6.45, 7) is 4.74. The SMILES string of the molecule is CCCCCOc1ccc(C2C(C(=O)OCCOC)=C(C)N=c3s/c(=C\c4cccc([N+](=O)[O-])c4)c(=O)n32)cc1. The van der Waals surface area contributed by atoms with E-state index in [-0.39, 0.29) is 30.0 Å². The van der Waals surface area contributed by atoms with Gasteiger partial charge in [0.1, 0.15) is 12.4 Å². The number of allylic oxidation sites excluding steroid dienone is 1. The molecule has 2 heterocycles. The van der Waals surface area contributed by atoms with Crippen molar-refractivity contribution >= 4 is 29.1 Å². The number of methoxy groups -OCH3 is 1. The topological polar surface area (TPSA) is 122 Å². The van der Waals surface area contributed by atoms with Crippen molar-refractivity contribution in [1.82, 2.24) is 4.57 Å². The van der Waals surface area contributed by atoms with Crippen LogP contribution in [0.15, 0.2) is 69.6 Å². The van der Waals surface area contributed by atoms with Gasteiger partial charge in [0.25, 0.3) is 11.2 Å². The highest BCUT2D eigenvalue weighted by Gasteiger charge is 2.33. The Morgan fingerprint density at radius 1 is 1.15 bits per heavy atom. The zero-order chi connectivity index (χ0) is 28.6. The third-order valence-electron chi connectivity index (χ3n) is 6.35. The summed E-state index contributed by atoms with van der Waals surface area (Å²) in [6.07, 6.45) is 4.74. The van der Waals surface area contributed by atoms with E-state index in [9.17, 15) is 19.7 Å². The average Bonchev–Trinajstić information content (AvgIpc) is 3.24. The molecule has 2 aromatic carbocycles. The molecule has 1 aromatic heterocycles. The van der Waals surface area contributed by atoms with Gasteiger partial charge in [-0.2, -0.15) is 0 Å². The standard InChI is InChI=1S/C29H31N3O7S/c1-4-5-6-14-38-23-12-10-21(11-13-23)26-25(28(34)39-16-15-37-3)19(2)30-29-31(26)27(33)24(40-29)18-20-8-7-9-22(17-20)32(35)36/h7-13,17-18,26H,4-6,14-16H2,1-3H3/b24-18-. The monoisotopic (exact) mass is 565 g/mol. The van der Waals surface area contributed by atoms with Gasteiger partial charge in [0.15, 0.2) is 4.80 Å². The van der Waals surface area contributed by atoms with Crippen LogP contribution in [0.25, 0.3) is 6.08 Å². The number of thiazole rings is 1. The van der Waals surface area contributed by atoms with Crippen LogP contribution in [0.1, 0.15) is 50.3 Å². The lowest BCUT2D eigenvalue weighted by atomic mass is 9.96. The van der Waals surface area contributed by atoms with E-state index < -0.39 is 16.9 Å². The van der Waals surface area contributed by atoms with Crippen LogP contribution < -0.4 is 19.6 Å². The number of nitro benzene ring substituents is 1. The molecular weight excluding hydrogens is 534 g/mol. The molecule has 3 aromatic rings. The minimum absolute atomic E-state index is 0.0561. The van der Waals surface area contributed by atoms with E-state index in [4.69, 9.17) is 14.2 Å². The first-order chi connectivity index (χ1) is 19.3. The number of esters is 1. The Labute approximate surface area is 235 Å². The zero-order valence-corrected chi connectivity index (χ0v) is 23.4. The van der Waals surface area contributed by atoms with Crippen LogP contribution in [-0.2, 0) is 14.3 Å². The summed E-state index contributed by atoms with van der Waals surface area (Å²) in [5, 5.41) is 11.2. The number of aromatic nitrogens is 1. The molecule has 0 spiro atoms. The maximum Gasteiger partial charge on any atom is 0.338 e. The highest BCUT2D eigenvalue weighted by atomic mass is 32.1. The molecule has 4 rings (SSSR count). The maximum atomic E-state index is 13.8. The summed E-state index contributed by atoms with van der Waals surface area (Å²) in [5.41, 5.74) is 1.45. The lowest BCUT2D eigenvalue weighted by Gasteiger charge is -2.25. The molecule has 210 valence electrons. The van der Waals surface area contributed by atoms with E-state index in [2.05, 4.69) is 11.9 Å². The van der Waals surface area contributed by atoms with Crippen LogP contribution in [0, 0.1) is 10.1 Å². The van der Waals surface area contributed by atoms with Gasteiger partial charge in [-0.05, 0) is 42.7 Å². The number of nitrogens with zero attached hydrogens (tertiary/aromatic N) is 3. The van der Waals surface area contributed by atoms with Crippen LogP contribution in [0.2, 0.25) is 0 Å². The molecular formula is C29H31N3O7S. The van der Waals surface area contributed by atoms with Crippen LogP contribution in [0.4, 0.5) is 5.69 Å². The molecule has 0 amide bonds. The lowest BCUT2D eigenvalue weighted by molar-refractivity contribution is -0.384. The number of hydrogen-bond donors (Lipinski definition) is 0. The van der Waals surface area contributed by atoms with Crippen LogP contribution in [-0.4, -0.2) is 42.4 Å². The van der Waals surface area contributed by atoms with Gasteiger partial charge in [-0.1, -0.05) is 55.4 Å². The Balaban J connectivity index is 1.78. The molecule has 0 fully saturated rings. The van der Waals surface area contributed by atoms with Crippen LogP contribution >= 0.6 is 11.3 Å². The predicted molar refractivity (Wildman–Crippen MR) is 151 cm³/mol. The predicted octanol–water partition coefficient (Wildman–Crippen LogP) is 3.90. The molecule has 11 heteroatoms. The van der Waals surface area contributed by atoms with Crippen LogP contribution in [0.5, 0.6) is 5.75 Å². The molecule has 40 heavy (non-hydrogen) atoms. The molecule has 0 saturated heterocycles. The molecule has 1 atom stereocenters. The number of hydrogen-bond acceptors (Lipinski definition) is 9. The van der Waals surface area contributed by atoms with Gasteiger partial charge in [-0.3, -0.25) is 19.5 Å². The molecule has 0 radical (unpaired) electrons. The van der Waals surface area contributed by atoms with E-state index in [1.807, 2.05) is 24.3 Å². The first-order valence-electron chi connectivity index (χ1n) is 13.0. The third kappa shape index (κ3) is 6.54. The molecule has 0 aliphatic carbocycles. The summed E-state index contributed by atoms with van der Waals surface area (Å²) in [4.78, 5) is 42.7. The van der Waals surface area contributed by atoms with Gasteiger partial charge >= 0.3 is 5.97 Å². The second-order valence-corrected chi connectivity index (χ2v) is 10.2. The first-order valence-corrected chi connectivity index (χ1v) is 13.8. The van der Waals surface area contributed by atoms with Crippen LogP contribution in [0.3, 0.4) is 0 Å².